The number of benzene rings is 1. The normalized spacial score (nSPS) is 11.2. The summed E-state index contributed by atoms with van der Waals surface area (Å²) < 4.78 is 46.7. The van der Waals surface area contributed by atoms with Gasteiger partial charge in [0.15, 0.2) is 5.76 Å². The van der Waals surface area contributed by atoms with E-state index in [9.17, 15) is 27.6 Å². The highest BCUT2D eigenvalue weighted by atomic mass is 19.4. The van der Waals surface area contributed by atoms with Gasteiger partial charge in [-0.1, -0.05) is 6.92 Å². The third-order valence-corrected chi connectivity index (χ3v) is 4.11. The van der Waals surface area contributed by atoms with E-state index >= 15 is 0 Å². The quantitative estimate of drug-likeness (QED) is 0.614. The summed E-state index contributed by atoms with van der Waals surface area (Å²) >= 11 is 0. The minimum atomic E-state index is -4.82. The molecule has 0 saturated heterocycles. The Hall–Kier alpha value is -3.89. The molecular formula is C20H17F3N4O4. The number of alkyl halides is 3. The largest absolute Gasteiger partial charge is 0.459 e. The monoisotopic (exact) mass is 434 g/mol. The minimum absolute atomic E-state index is 0.0702. The van der Waals surface area contributed by atoms with E-state index in [-0.39, 0.29) is 23.7 Å². The van der Waals surface area contributed by atoms with Crippen molar-refractivity contribution in [2.24, 2.45) is 0 Å². The summed E-state index contributed by atoms with van der Waals surface area (Å²) in [7, 11) is 0. The van der Waals surface area contributed by atoms with Crippen LogP contribution in [0.15, 0.2) is 57.9 Å². The molecule has 0 aliphatic heterocycles. The zero-order valence-corrected chi connectivity index (χ0v) is 16.2. The average Bonchev–Trinajstić information content (AvgIpc) is 3.25. The number of aryl methyl sites for hydroxylation is 1. The number of aromatic nitrogens is 2. The molecule has 2 heterocycles. The molecule has 0 atom stereocenters. The van der Waals surface area contributed by atoms with Gasteiger partial charge in [0.1, 0.15) is 5.69 Å². The topological polar surface area (TPSA) is 106 Å². The fourth-order valence-corrected chi connectivity index (χ4v) is 2.69. The van der Waals surface area contributed by atoms with E-state index in [2.05, 4.69) is 15.7 Å². The molecule has 2 aromatic heterocycles. The standard InChI is InChI=1S/C20H17F3N4O4/c1-2-9-27-17(28)8-7-15(26-27)18(29)25-14-6-5-12(11-13(14)20(21,22)23)24-19(30)16-4-3-10-31-16/h3-8,10-11H,2,9H2,1H3,(H,24,30)(H,25,29). The van der Waals surface area contributed by atoms with Crippen LogP contribution in [0.3, 0.4) is 0 Å². The molecule has 2 N–H and O–H groups in total. The molecule has 0 aliphatic carbocycles. The molecule has 0 bridgehead atoms. The van der Waals surface area contributed by atoms with Crippen molar-refractivity contribution >= 4 is 23.2 Å². The third-order valence-electron chi connectivity index (χ3n) is 4.11. The summed E-state index contributed by atoms with van der Waals surface area (Å²) in [6.07, 6.45) is -2.98. The highest BCUT2D eigenvalue weighted by Gasteiger charge is 2.34. The van der Waals surface area contributed by atoms with Gasteiger partial charge >= 0.3 is 6.18 Å². The molecule has 0 unspecified atom stereocenters. The Morgan fingerprint density at radius 2 is 1.87 bits per heavy atom. The number of furan rings is 1. The molecule has 0 aliphatic rings. The fraction of sp³-hybridized carbons (Fsp3) is 0.200. The van der Waals surface area contributed by atoms with E-state index in [1.54, 1.807) is 0 Å². The molecule has 8 nitrogen and oxygen atoms in total. The Morgan fingerprint density at radius 1 is 1.10 bits per heavy atom. The van der Waals surface area contributed by atoms with Crippen LogP contribution in [0.4, 0.5) is 24.5 Å². The smallest absolute Gasteiger partial charge is 0.418 e. The first kappa shape index (κ1) is 21.8. The molecule has 0 radical (unpaired) electrons. The van der Waals surface area contributed by atoms with Crippen LogP contribution in [0.1, 0.15) is 40.0 Å². The van der Waals surface area contributed by atoms with Crippen LogP contribution in [-0.4, -0.2) is 21.6 Å². The van der Waals surface area contributed by atoms with E-state index in [1.807, 2.05) is 6.92 Å². The maximum Gasteiger partial charge on any atom is 0.418 e. The van der Waals surface area contributed by atoms with Gasteiger partial charge in [0.05, 0.1) is 17.5 Å². The van der Waals surface area contributed by atoms with Gasteiger partial charge < -0.3 is 15.1 Å². The van der Waals surface area contributed by atoms with Crippen molar-refractivity contribution in [3.8, 4) is 0 Å². The highest BCUT2D eigenvalue weighted by molar-refractivity contribution is 6.04. The van der Waals surface area contributed by atoms with Crippen LogP contribution in [0.25, 0.3) is 0 Å². The maximum absolute atomic E-state index is 13.6. The second-order valence-electron chi connectivity index (χ2n) is 6.42. The molecular weight excluding hydrogens is 417 g/mol. The zero-order valence-electron chi connectivity index (χ0n) is 16.2. The number of nitrogens with one attached hydrogen (secondary N) is 2. The van der Waals surface area contributed by atoms with Crippen molar-refractivity contribution in [3.05, 3.63) is 76.1 Å². The Morgan fingerprint density at radius 3 is 2.52 bits per heavy atom. The predicted octanol–water partition coefficient (Wildman–Crippen LogP) is 3.77. The number of anilines is 2. The summed E-state index contributed by atoms with van der Waals surface area (Å²) in [6, 6.07) is 8.00. The van der Waals surface area contributed by atoms with Crippen molar-refractivity contribution in [1.82, 2.24) is 9.78 Å². The van der Waals surface area contributed by atoms with Gasteiger partial charge in [0, 0.05) is 18.3 Å². The fourth-order valence-electron chi connectivity index (χ4n) is 2.69. The van der Waals surface area contributed by atoms with Crippen LogP contribution in [0, 0.1) is 0 Å². The van der Waals surface area contributed by atoms with Crippen molar-refractivity contribution in [3.63, 3.8) is 0 Å². The van der Waals surface area contributed by atoms with Gasteiger partial charge in [-0.05, 0) is 42.8 Å². The van der Waals surface area contributed by atoms with Crippen LogP contribution in [0.2, 0.25) is 0 Å². The van der Waals surface area contributed by atoms with E-state index in [0.717, 1.165) is 22.9 Å². The van der Waals surface area contributed by atoms with E-state index in [4.69, 9.17) is 4.42 Å². The number of nitrogens with zero attached hydrogens (tertiary/aromatic N) is 2. The predicted molar refractivity (Wildman–Crippen MR) is 105 cm³/mol. The van der Waals surface area contributed by atoms with E-state index in [0.29, 0.717) is 12.5 Å². The lowest BCUT2D eigenvalue weighted by atomic mass is 10.1. The van der Waals surface area contributed by atoms with Gasteiger partial charge in [-0.3, -0.25) is 14.4 Å². The molecule has 2 amide bonds. The van der Waals surface area contributed by atoms with Crippen LogP contribution < -0.4 is 16.2 Å². The lowest BCUT2D eigenvalue weighted by molar-refractivity contribution is -0.136. The molecule has 0 spiro atoms. The van der Waals surface area contributed by atoms with E-state index < -0.39 is 34.8 Å². The maximum atomic E-state index is 13.6. The third kappa shape index (κ3) is 5.18. The van der Waals surface area contributed by atoms with Gasteiger partial charge in [-0.25, -0.2) is 4.68 Å². The number of amides is 2. The number of hydrogen-bond acceptors (Lipinski definition) is 5. The molecule has 3 aromatic rings. The minimum Gasteiger partial charge on any atom is -0.459 e. The van der Waals surface area contributed by atoms with Crippen LogP contribution in [-0.2, 0) is 12.7 Å². The molecule has 162 valence electrons. The van der Waals surface area contributed by atoms with E-state index in [1.165, 1.54) is 24.5 Å². The van der Waals surface area contributed by atoms with Crippen molar-refractivity contribution in [2.45, 2.75) is 26.1 Å². The number of hydrogen-bond donors (Lipinski definition) is 2. The molecule has 11 heteroatoms. The number of carbonyl (C=O) groups is 2. The second kappa shape index (κ2) is 8.86. The summed E-state index contributed by atoms with van der Waals surface area (Å²) in [6.45, 7) is 2.07. The molecule has 31 heavy (non-hydrogen) atoms. The Bertz CT molecular complexity index is 1150. The lowest BCUT2D eigenvalue weighted by Gasteiger charge is -2.15. The SMILES string of the molecule is CCCn1nc(C(=O)Nc2ccc(NC(=O)c3ccco3)cc2C(F)(F)F)ccc1=O. The number of rotatable bonds is 6. The van der Waals surface area contributed by atoms with Gasteiger partial charge in [-0.15, -0.1) is 0 Å². The number of carbonyl (C=O) groups excluding carboxylic acids is 2. The Balaban J connectivity index is 1.87. The molecule has 0 fully saturated rings. The van der Waals surface area contributed by atoms with Crippen LogP contribution in [0.5, 0.6) is 0 Å². The van der Waals surface area contributed by atoms with Crippen LogP contribution >= 0.6 is 0 Å². The van der Waals surface area contributed by atoms with Gasteiger partial charge in [0.25, 0.3) is 17.4 Å². The summed E-state index contributed by atoms with van der Waals surface area (Å²) in [4.78, 5) is 36.2. The number of halogens is 3. The van der Waals surface area contributed by atoms with Gasteiger partial charge in [0.2, 0.25) is 0 Å². The van der Waals surface area contributed by atoms with Crippen molar-refractivity contribution in [1.29, 1.82) is 0 Å². The second-order valence-corrected chi connectivity index (χ2v) is 6.42. The molecule has 1 aromatic carbocycles. The van der Waals surface area contributed by atoms with Gasteiger partial charge in [-0.2, -0.15) is 18.3 Å². The zero-order chi connectivity index (χ0) is 22.6. The lowest BCUT2D eigenvalue weighted by Crippen LogP contribution is -2.26. The summed E-state index contributed by atoms with van der Waals surface area (Å²) in [5.74, 6) is -1.71. The molecule has 3 rings (SSSR count). The summed E-state index contributed by atoms with van der Waals surface area (Å²) in [5, 5.41) is 8.34. The Kier molecular flexibility index (Phi) is 6.23. The first-order valence-electron chi connectivity index (χ1n) is 9.14. The summed E-state index contributed by atoms with van der Waals surface area (Å²) in [5.41, 5.74) is -2.47. The molecule has 0 saturated carbocycles. The highest BCUT2D eigenvalue weighted by Crippen LogP contribution is 2.36. The van der Waals surface area contributed by atoms with Crippen molar-refractivity contribution in [2.75, 3.05) is 10.6 Å². The Labute approximate surface area is 173 Å². The van der Waals surface area contributed by atoms with Crippen molar-refractivity contribution < 1.29 is 27.2 Å². The average molecular weight is 434 g/mol. The first-order valence-corrected chi connectivity index (χ1v) is 9.14. The first-order chi connectivity index (χ1) is 14.7.